The Hall–Kier alpha value is -0.710. The first-order valence-corrected chi connectivity index (χ1v) is 4.72. The Kier molecular flexibility index (Phi) is 6.36. The molecule has 3 nitrogen and oxygen atoms in total. The van der Waals surface area contributed by atoms with Gasteiger partial charge in [-0.1, -0.05) is 6.92 Å². The predicted molar refractivity (Wildman–Crippen MR) is 51.4 cm³/mol. The highest BCUT2D eigenvalue weighted by atomic mass is 19.3. The van der Waals surface area contributed by atoms with Crippen molar-refractivity contribution >= 4 is 5.91 Å². The number of halogens is 2. The number of alkyl halides is 2. The number of likely N-dealkylation sites (N-methyl/N-ethyl adjacent to an activating group) is 1. The van der Waals surface area contributed by atoms with Crippen LogP contribution in [0.1, 0.15) is 20.3 Å². The highest BCUT2D eigenvalue weighted by Gasteiger charge is 2.13. The van der Waals surface area contributed by atoms with Gasteiger partial charge in [-0.25, -0.2) is 8.78 Å². The minimum Gasteiger partial charge on any atom is -0.339 e. The zero-order valence-electron chi connectivity index (χ0n) is 8.89. The molecule has 0 fully saturated rings. The van der Waals surface area contributed by atoms with E-state index in [1.165, 1.54) is 7.05 Å². The summed E-state index contributed by atoms with van der Waals surface area (Å²) in [5.41, 5.74) is 0. The van der Waals surface area contributed by atoms with E-state index in [4.69, 9.17) is 0 Å². The number of nitrogens with one attached hydrogen (secondary N) is 1. The fourth-order valence-electron chi connectivity index (χ4n) is 0.850. The SMILES string of the molecule is CCC(C)NCC(=O)N(C)CC(F)F. The van der Waals surface area contributed by atoms with Gasteiger partial charge in [0, 0.05) is 13.1 Å². The number of hydrogen-bond donors (Lipinski definition) is 1. The van der Waals surface area contributed by atoms with Gasteiger partial charge in [0.05, 0.1) is 13.1 Å². The van der Waals surface area contributed by atoms with Crippen molar-refractivity contribution in [2.45, 2.75) is 32.7 Å². The summed E-state index contributed by atoms with van der Waals surface area (Å²) in [6.07, 6.45) is -1.56. The van der Waals surface area contributed by atoms with Crippen molar-refractivity contribution in [2.75, 3.05) is 20.1 Å². The Morgan fingerprint density at radius 2 is 2.07 bits per heavy atom. The van der Waals surface area contributed by atoms with E-state index in [9.17, 15) is 13.6 Å². The van der Waals surface area contributed by atoms with E-state index in [0.717, 1.165) is 11.3 Å². The van der Waals surface area contributed by atoms with Gasteiger partial charge in [0.25, 0.3) is 6.43 Å². The first-order chi connectivity index (χ1) is 6.47. The fourth-order valence-corrected chi connectivity index (χ4v) is 0.850. The number of carbonyl (C=O) groups excluding carboxylic acids is 1. The summed E-state index contributed by atoms with van der Waals surface area (Å²) < 4.78 is 23.8. The van der Waals surface area contributed by atoms with Crippen LogP contribution < -0.4 is 5.32 Å². The van der Waals surface area contributed by atoms with E-state index in [2.05, 4.69) is 5.32 Å². The van der Waals surface area contributed by atoms with Gasteiger partial charge in [0.1, 0.15) is 0 Å². The number of carbonyl (C=O) groups is 1. The third-order valence-corrected chi connectivity index (χ3v) is 2.05. The molecule has 0 aliphatic carbocycles. The summed E-state index contributed by atoms with van der Waals surface area (Å²) in [6, 6.07) is 0.235. The molecular formula is C9H18F2N2O. The quantitative estimate of drug-likeness (QED) is 0.709. The van der Waals surface area contributed by atoms with Crippen molar-refractivity contribution in [3.05, 3.63) is 0 Å². The first-order valence-electron chi connectivity index (χ1n) is 4.72. The molecule has 0 bridgehead atoms. The third-order valence-electron chi connectivity index (χ3n) is 2.05. The fraction of sp³-hybridized carbons (Fsp3) is 0.889. The molecule has 0 rings (SSSR count). The molecule has 1 amide bonds. The van der Waals surface area contributed by atoms with E-state index in [0.29, 0.717) is 0 Å². The number of amides is 1. The molecule has 0 aliphatic heterocycles. The molecule has 0 aromatic heterocycles. The Bertz CT molecular complexity index is 176. The van der Waals surface area contributed by atoms with Gasteiger partial charge in [-0.2, -0.15) is 0 Å². The van der Waals surface area contributed by atoms with Crippen LogP contribution in [-0.4, -0.2) is 43.4 Å². The molecule has 5 heteroatoms. The highest BCUT2D eigenvalue weighted by Crippen LogP contribution is 1.96. The number of nitrogens with zero attached hydrogens (tertiary/aromatic N) is 1. The molecule has 0 saturated heterocycles. The van der Waals surface area contributed by atoms with Gasteiger partial charge in [-0.05, 0) is 13.3 Å². The van der Waals surface area contributed by atoms with Crippen LogP contribution >= 0.6 is 0 Å². The normalized spacial score (nSPS) is 13.0. The molecule has 0 radical (unpaired) electrons. The second-order valence-corrected chi connectivity index (χ2v) is 3.36. The zero-order chi connectivity index (χ0) is 11.1. The van der Waals surface area contributed by atoms with E-state index >= 15 is 0 Å². The Balaban J connectivity index is 3.73. The van der Waals surface area contributed by atoms with Gasteiger partial charge in [-0.15, -0.1) is 0 Å². The van der Waals surface area contributed by atoms with Crippen LogP contribution in [0, 0.1) is 0 Å². The molecule has 1 unspecified atom stereocenters. The van der Waals surface area contributed by atoms with Gasteiger partial charge in [-0.3, -0.25) is 4.79 Å². The molecule has 0 heterocycles. The van der Waals surface area contributed by atoms with Crippen LogP contribution in [0.2, 0.25) is 0 Å². The average molecular weight is 208 g/mol. The predicted octanol–water partition coefficient (Wildman–Crippen LogP) is 1.10. The van der Waals surface area contributed by atoms with Crippen molar-refractivity contribution in [1.82, 2.24) is 10.2 Å². The van der Waals surface area contributed by atoms with Crippen molar-refractivity contribution in [2.24, 2.45) is 0 Å². The lowest BCUT2D eigenvalue weighted by Crippen LogP contribution is -2.40. The summed E-state index contributed by atoms with van der Waals surface area (Å²) in [6.45, 7) is 3.56. The monoisotopic (exact) mass is 208 g/mol. The molecule has 0 aliphatic rings. The topological polar surface area (TPSA) is 32.3 Å². The maximum absolute atomic E-state index is 11.9. The molecule has 0 aromatic rings. The Labute approximate surface area is 83.5 Å². The molecule has 0 saturated carbocycles. The summed E-state index contributed by atoms with van der Waals surface area (Å²) >= 11 is 0. The molecule has 84 valence electrons. The Morgan fingerprint density at radius 1 is 1.50 bits per heavy atom. The van der Waals surface area contributed by atoms with Crippen LogP contribution in [0.4, 0.5) is 8.78 Å². The van der Waals surface area contributed by atoms with Gasteiger partial charge in [0.15, 0.2) is 0 Å². The lowest BCUT2D eigenvalue weighted by molar-refractivity contribution is -0.130. The largest absolute Gasteiger partial charge is 0.339 e. The maximum atomic E-state index is 11.9. The highest BCUT2D eigenvalue weighted by molar-refractivity contribution is 5.77. The van der Waals surface area contributed by atoms with Crippen LogP contribution in [0.3, 0.4) is 0 Å². The van der Waals surface area contributed by atoms with Gasteiger partial charge >= 0.3 is 0 Å². The van der Waals surface area contributed by atoms with Crippen LogP contribution in [0.15, 0.2) is 0 Å². The van der Waals surface area contributed by atoms with Crippen molar-refractivity contribution < 1.29 is 13.6 Å². The van der Waals surface area contributed by atoms with Gasteiger partial charge < -0.3 is 10.2 Å². The minimum absolute atomic E-state index is 0.123. The second kappa shape index (κ2) is 6.70. The zero-order valence-corrected chi connectivity index (χ0v) is 8.89. The van der Waals surface area contributed by atoms with Crippen LogP contribution in [0.5, 0.6) is 0 Å². The van der Waals surface area contributed by atoms with Crippen molar-refractivity contribution in [3.63, 3.8) is 0 Å². The molecule has 14 heavy (non-hydrogen) atoms. The van der Waals surface area contributed by atoms with Crippen LogP contribution in [0.25, 0.3) is 0 Å². The lowest BCUT2D eigenvalue weighted by atomic mass is 10.2. The standard InChI is InChI=1S/C9H18F2N2O/c1-4-7(2)12-5-9(14)13(3)6-8(10)11/h7-8,12H,4-6H2,1-3H3. The van der Waals surface area contributed by atoms with Gasteiger partial charge in [0.2, 0.25) is 5.91 Å². The maximum Gasteiger partial charge on any atom is 0.255 e. The second-order valence-electron chi connectivity index (χ2n) is 3.36. The Morgan fingerprint density at radius 3 is 2.50 bits per heavy atom. The number of hydrogen-bond acceptors (Lipinski definition) is 2. The molecule has 1 N–H and O–H groups in total. The molecular weight excluding hydrogens is 190 g/mol. The summed E-state index contributed by atoms with van der Waals surface area (Å²) in [5.74, 6) is -0.300. The summed E-state index contributed by atoms with van der Waals surface area (Å²) in [7, 11) is 1.38. The van der Waals surface area contributed by atoms with Crippen molar-refractivity contribution in [1.29, 1.82) is 0 Å². The number of rotatable bonds is 6. The minimum atomic E-state index is -2.47. The van der Waals surface area contributed by atoms with Crippen molar-refractivity contribution in [3.8, 4) is 0 Å². The average Bonchev–Trinajstić information content (AvgIpc) is 2.12. The van der Waals surface area contributed by atoms with E-state index < -0.39 is 13.0 Å². The van der Waals surface area contributed by atoms with E-state index in [-0.39, 0.29) is 18.5 Å². The van der Waals surface area contributed by atoms with E-state index in [1.54, 1.807) is 0 Å². The summed E-state index contributed by atoms with van der Waals surface area (Å²) in [4.78, 5) is 12.3. The molecule has 0 spiro atoms. The molecule has 1 atom stereocenters. The molecule has 0 aromatic carbocycles. The van der Waals surface area contributed by atoms with E-state index in [1.807, 2.05) is 13.8 Å². The first kappa shape index (κ1) is 13.3. The summed E-state index contributed by atoms with van der Waals surface area (Å²) in [5, 5.41) is 2.95. The third kappa shape index (κ3) is 5.85. The van der Waals surface area contributed by atoms with Crippen LogP contribution in [-0.2, 0) is 4.79 Å². The lowest BCUT2D eigenvalue weighted by Gasteiger charge is -2.18. The smallest absolute Gasteiger partial charge is 0.255 e.